The van der Waals surface area contributed by atoms with E-state index in [1.807, 2.05) is 19.1 Å². The minimum atomic E-state index is 0.240. The number of benzene rings is 2. The molecule has 0 saturated heterocycles. The van der Waals surface area contributed by atoms with Gasteiger partial charge >= 0.3 is 0 Å². The Hall–Kier alpha value is -1.71. The number of aryl methyl sites for hydroxylation is 2. The van der Waals surface area contributed by atoms with Gasteiger partial charge in [0.15, 0.2) is 11.5 Å². The molecular formula is C20H26ClNO2. The van der Waals surface area contributed by atoms with Crippen LogP contribution in [0.1, 0.15) is 35.1 Å². The molecule has 1 atom stereocenters. The van der Waals surface area contributed by atoms with Gasteiger partial charge in [-0.05, 0) is 62.6 Å². The van der Waals surface area contributed by atoms with E-state index in [-0.39, 0.29) is 5.92 Å². The number of hydrogen-bond donors (Lipinski definition) is 1. The standard InChI is InChI=1S/C20H26ClNO2/c1-5-24-19-11-15(10-18(21)20(19)23-4)9-16(12-22)17-7-6-13(2)8-14(17)3/h6-8,10-11,16H,5,9,12,22H2,1-4H3. The highest BCUT2D eigenvalue weighted by Gasteiger charge is 2.17. The third-order valence-electron chi connectivity index (χ3n) is 4.21. The van der Waals surface area contributed by atoms with Crippen molar-refractivity contribution in [3.05, 3.63) is 57.6 Å². The second kappa shape index (κ2) is 8.41. The van der Waals surface area contributed by atoms with Crippen LogP contribution >= 0.6 is 11.6 Å². The molecule has 0 radical (unpaired) electrons. The second-order valence-electron chi connectivity index (χ2n) is 6.04. The first-order chi connectivity index (χ1) is 11.5. The number of ether oxygens (including phenoxy) is 2. The van der Waals surface area contributed by atoms with Crippen LogP contribution in [0, 0.1) is 13.8 Å². The van der Waals surface area contributed by atoms with Gasteiger partial charge in [0, 0.05) is 5.92 Å². The van der Waals surface area contributed by atoms with Gasteiger partial charge in [0.2, 0.25) is 0 Å². The van der Waals surface area contributed by atoms with Crippen LogP contribution in [0.15, 0.2) is 30.3 Å². The molecule has 0 saturated carbocycles. The smallest absolute Gasteiger partial charge is 0.179 e. The summed E-state index contributed by atoms with van der Waals surface area (Å²) in [5, 5.41) is 0.565. The van der Waals surface area contributed by atoms with Crippen LogP contribution in [0.2, 0.25) is 5.02 Å². The van der Waals surface area contributed by atoms with E-state index in [1.165, 1.54) is 16.7 Å². The predicted octanol–water partition coefficient (Wildman–Crippen LogP) is 4.65. The van der Waals surface area contributed by atoms with E-state index in [0.717, 1.165) is 12.0 Å². The molecule has 1 unspecified atom stereocenters. The molecule has 3 nitrogen and oxygen atoms in total. The molecular weight excluding hydrogens is 322 g/mol. The van der Waals surface area contributed by atoms with Crippen LogP contribution in [0.4, 0.5) is 0 Å². The minimum Gasteiger partial charge on any atom is -0.491 e. The first kappa shape index (κ1) is 18.6. The molecule has 0 aromatic heterocycles. The van der Waals surface area contributed by atoms with Crippen LogP contribution in [-0.4, -0.2) is 20.3 Å². The third kappa shape index (κ3) is 4.22. The zero-order valence-electron chi connectivity index (χ0n) is 14.9. The van der Waals surface area contributed by atoms with Crippen molar-refractivity contribution < 1.29 is 9.47 Å². The molecule has 0 aliphatic heterocycles. The molecule has 4 heteroatoms. The SMILES string of the molecule is CCOc1cc(CC(CN)c2ccc(C)cc2C)cc(Cl)c1OC. The normalized spacial score (nSPS) is 12.1. The Bertz CT molecular complexity index is 700. The summed E-state index contributed by atoms with van der Waals surface area (Å²) in [6.07, 6.45) is 0.810. The summed E-state index contributed by atoms with van der Waals surface area (Å²) < 4.78 is 11.0. The highest BCUT2D eigenvalue weighted by atomic mass is 35.5. The fraction of sp³-hybridized carbons (Fsp3) is 0.400. The van der Waals surface area contributed by atoms with Crippen molar-refractivity contribution in [3.8, 4) is 11.5 Å². The third-order valence-corrected chi connectivity index (χ3v) is 4.49. The lowest BCUT2D eigenvalue weighted by atomic mass is 9.88. The van der Waals surface area contributed by atoms with E-state index in [4.69, 9.17) is 26.8 Å². The van der Waals surface area contributed by atoms with Gasteiger partial charge < -0.3 is 15.2 Å². The zero-order chi connectivity index (χ0) is 17.7. The monoisotopic (exact) mass is 347 g/mol. The van der Waals surface area contributed by atoms with Crippen LogP contribution < -0.4 is 15.2 Å². The average Bonchev–Trinajstić information content (AvgIpc) is 2.53. The molecule has 2 aromatic carbocycles. The van der Waals surface area contributed by atoms with Gasteiger partial charge in [0.25, 0.3) is 0 Å². The van der Waals surface area contributed by atoms with Crippen molar-refractivity contribution in [1.82, 2.24) is 0 Å². The van der Waals surface area contributed by atoms with Crippen molar-refractivity contribution >= 4 is 11.6 Å². The van der Waals surface area contributed by atoms with Crippen molar-refractivity contribution in [3.63, 3.8) is 0 Å². The maximum atomic E-state index is 6.36. The van der Waals surface area contributed by atoms with Crippen LogP contribution in [-0.2, 0) is 6.42 Å². The molecule has 0 spiro atoms. The molecule has 0 aliphatic carbocycles. The lowest BCUT2D eigenvalue weighted by Crippen LogP contribution is -2.16. The van der Waals surface area contributed by atoms with Crippen LogP contribution in [0.3, 0.4) is 0 Å². The summed E-state index contributed by atoms with van der Waals surface area (Å²) in [6, 6.07) is 10.5. The molecule has 130 valence electrons. The Morgan fingerprint density at radius 2 is 1.92 bits per heavy atom. The largest absolute Gasteiger partial charge is 0.491 e. The summed E-state index contributed by atoms with van der Waals surface area (Å²) in [5.74, 6) is 1.50. The van der Waals surface area contributed by atoms with Crippen molar-refractivity contribution in [2.75, 3.05) is 20.3 Å². The lowest BCUT2D eigenvalue weighted by Gasteiger charge is -2.20. The molecule has 0 amide bonds. The molecule has 2 N–H and O–H groups in total. The minimum absolute atomic E-state index is 0.240. The van der Waals surface area contributed by atoms with Gasteiger partial charge in [-0.1, -0.05) is 35.4 Å². The number of halogens is 1. The van der Waals surface area contributed by atoms with E-state index in [1.54, 1.807) is 7.11 Å². The topological polar surface area (TPSA) is 44.5 Å². The number of methoxy groups -OCH3 is 1. The number of nitrogens with two attached hydrogens (primary N) is 1. The zero-order valence-corrected chi connectivity index (χ0v) is 15.6. The Labute approximate surface area is 149 Å². The first-order valence-electron chi connectivity index (χ1n) is 8.26. The van der Waals surface area contributed by atoms with Crippen molar-refractivity contribution in [2.24, 2.45) is 5.73 Å². The Morgan fingerprint density at radius 3 is 2.50 bits per heavy atom. The van der Waals surface area contributed by atoms with Gasteiger partial charge in [0.1, 0.15) is 0 Å². The van der Waals surface area contributed by atoms with E-state index in [9.17, 15) is 0 Å². The van der Waals surface area contributed by atoms with Crippen molar-refractivity contribution in [1.29, 1.82) is 0 Å². The average molecular weight is 348 g/mol. The summed E-state index contributed by atoms with van der Waals surface area (Å²) in [6.45, 7) is 7.33. The molecule has 2 aromatic rings. The molecule has 0 heterocycles. The van der Waals surface area contributed by atoms with Crippen LogP contribution in [0.5, 0.6) is 11.5 Å². The Kier molecular flexibility index (Phi) is 6.52. The molecule has 0 fully saturated rings. The van der Waals surface area contributed by atoms with E-state index >= 15 is 0 Å². The fourth-order valence-electron chi connectivity index (χ4n) is 3.09. The van der Waals surface area contributed by atoms with Crippen LogP contribution in [0.25, 0.3) is 0 Å². The number of hydrogen-bond acceptors (Lipinski definition) is 3. The summed E-state index contributed by atoms with van der Waals surface area (Å²) in [7, 11) is 1.60. The van der Waals surface area contributed by atoms with E-state index < -0.39 is 0 Å². The van der Waals surface area contributed by atoms with Gasteiger partial charge in [-0.3, -0.25) is 0 Å². The van der Waals surface area contributed by atoms with E-state index in [0.29, 0.717) is 29.7 Å². The lowest BCUT2D eigenvalue weighted by molar-refractivity contribution is 0.310. The predicted molar refractivity (Wildman–Crippen MR) is 101 cm³/mol. The second-order valence-corrected chi connectivity index (χ2v) is 6.45. The fourth-order valence-corrected chi connectivity index (χ4v) is 3.40. The molecule has 24 heavy (non-hydrogen) atoms. The quantitative estimate of drug-likeness (QED) is 0.792. The maximum absolute atomic E-state index is 6.36. The Morgan fingerprint density at radius 1 is 1.17 bits per heavy atom. The summed E-state index contributed by atoms with van der Waals surface area (Å²) >= 11 is 6.36. The summed E-state index contributed by atoms with van der Waals surface area (Å²) in [5.41, 5.74) is 11.0. The highest BCUT2D eigenvalue weighted by molar-refractivity contribution is 6.32. The van der Waals surface area contributed by atoms with Gasteiger partial charge in [0.05, 0.1) is 18.7 Å². The van der Waals surface area contributed by atoms with Crippen molar-refractivity contribution in [2.45, 2.75) is 33.1 Å². The Balaban J connectivity index is 2.33. The van der Waals surface area contributed by atoms with Gasteiger partial charge in [-0.25, -0.2) is 0 Å². The summed E-state index contributed by atoms with van der Waals surface area (Å²) in [4.78, 5) is 0. The molecule has 0 bridgehead atoms. The number of rotatable bonds is 7. The molecule has 2 rings (SSSR count). The highest BCUT2D eigenvalue weighted by Crippen LogP contribution is 2.37. The first-order valence-corrected chi connectivity index (χ1v) is 8.64. The van der Waals surface area contributed by atoms with E-state index in [2.05, 4.69) is 32.0 Å². The maximum Gasteiger partial charge on any atom is 0.179 e. The van der Waals surface area contributed by atoms with Gasteiger partial charge in [-0.2, -0.15) is 0 Å². The molecule has 0 aliphatic rings. The van der Waals surface area contributed by atoms with Gasteiger partial charge in [-0.15, -0.1) is 0 Å².